The van der Waals surface area contributed by atoms with Gasteiger partial charge >= 0.3 is 0 Å². The highest BCUT2D eigenvalue weighted by Crippen LogP contribution is 2.50. The number of aromatic nitrogens is 1. The van der Waals surface area contributed by atoms with Crippen molar-refractivity contribution in [3.63, 3.8) is 0 Å². The third-order valence-corrected chi connectivity index (χ3v) is 5.54. The largest absolute Gasteiger partial charge is 0.489 e. The summed E-state index contributed by atoms with van der Waals surface area (Å²) >= 11 is 0. The van der Waals surface area contributed by atoms with Crippen LogP contribution in [0.4, 0.5) is 0 Å². The second kappa shape index (κ2) is 7.19. The van der Waals surface area contributed by atoms with Crippen LogP contribution in [0.25, 0.3) is 0 Å². The van der Waals surface area contributed by atoms with Gasteiger partial charge in [0.15, 0.2) is 0 Å². The summed E-state index contributed by atoms with van der Waals surface area (Å²) in [6.07, 6.45) is 6.09. The van der Waals surface area contributed by atoms with Gasteiger partial charge in [-0.25, -0.2) is 0 Å². The monoisotopic (exact) mass is 337 g/mol. The van der Waals surface area contributed by atoms with Gasteiger partial charge in [0.2, 0.25) is 0 Å². The fraction of sp³-hybridized carbons (Fsp3) is 0.522. The molecule has 0 N–H and O–H groups in total. The van der Waals surface area contributed by atoms with Gasteiger partial charge in [-0.3, -0.25) is 4.98 Å². The van der Waals surface area contributed by atoms with E-state index < -0.39 is 0 Å². The number of aryl methyl sites for hydroxylation is 1. The molecule has 0 aliphatic heterocycles. The van der Waals surface area contributed by atoms with E-state index in [-0.39, 0.29) is 5.41 Å². The fourth-order valence-electron chi connectivity index (χ4n) is 4.39. The molecule has 0 saturated heterocycles. The molecule has 1 aliphatic carbocycles. The van der Waals surface area contributed by atoms with Gasteiger partial charge in [0.05, 0.1) is 0 Å². The van der Waals surface area contributed by atoms with Gasteiger partial charge in [0.1, 0.15) is 12.4 Å². The van der Waals surface area contributed by atoms with Crippen LogP contribution in [0, 0.1) is 17.3 Å². The predicted molar refractivity (Wildman–Crippen MR) is 104 cm³/mol. The Morgan fingerprint density at radius 3 is 2.64 bits per heavy atom. The molecule has 2 aromatic rings. The SMILES string of the molecule is CC(C)C1CCc2cc(OCc3cccnc3)ccc2C1C(C)(C)C. The summed E-state index contributed by atoms with van der Waals surface area (Å²) in [4.78, 5) is 4.15. The summed E-state index contributed by atoms with van der Waals surface area (Å²) in [5.41, 5.74) is 4.39. The maximum Gasteiger partial charge on any atom is 0.120 e. The Bertz CT molecular complexity index is 700. The first-order chi connectivity index (χ1) is 11.9. The second-order valence-corrected chi connectivity index (χ2v) is 8.80. The van der Waals surface area contributed by atoms with Crippen LogP contribution in [0.5, 0.6) is 5.75 Å². The van der Waals surface area contributed by atoms with E-state index in [1.165, 1.54) is 17.5 Å². The molecule has 2 unspecified atom stereocenters. The molecule has 0 fully saturated rings. The van der Waals surface area contributed by atoms with Crippen LogP contribution in [0.3, 0.4) is 0 Å². The minimum Gasteiger partial charge on any atom is -0.489 e. The van der Waals surface area contributed by atoms with Crippen molar-refractivity contribution in [2.45, 2.75) is 60.0 Å². The van der Waals surface area contributed by atoms with E-state index >= 15 is 0 Å². The average molecular weight is 338 g/mol. The summed E-state index contributed by atoms with van der Waals surface area (Å²) in [7, 11) is 0. The zero-order valence-electron chi connectivity index (χ0n) is 16.3. The van der Waals surface area contributed by atoms with Gasteiger partial charge in [0.25, 0.3) is 0 Å². The lowest BCUT2D eigenvalue weighted by Gasteiger charge is -2.44. The molecular weight excluding hydrogens is 306 g/mol. The molecule has 25 heavy (non-hydrogen) atoms. The van der Waals surface area contributed by atoms with Crippen molar-refractivity contribution in [2.75, 3.05) is 0 Å². The highest BCUT2D eigenvalue weighted by molar-refractivity contribution is 5.41. The van der Waals surface area contributed by atoms with E-state index in [9.17, 15) is 0 Å². The Morgan fingerprint density at radius 1 is 1.20 bits per heavy atom. The molecule has 134 valence electrons. The molecule has 0 spiro atoms. The summed E-state index contributed by atoms with van der Waals surface area (Å²) in [6, 6.07) is 10.7. The van der Waals surface area contributed by atoms with Crippen molar-refractivity contribution in [2.24, 2.45) is 17.3 Å². The molecular formula is C23H31NO. The molecule has 1 aliphatic rings. The number of fused-ring (bicyclic) bond motifs is 1. The number of ether oxygens (including phenoxy) is 1. The van der Waals surface area contributed by atoms with Gasteiger partial charge in [-0.05, 0) is 65.3 Å². The maximum absolute atomic E-state index is 6.01. The van der Waals surface area contributed by atoms with Gasteiger partial charge in [-0.1, -0.05) is 46.8 Å². The van der Waals surface area contributed by atoms with E-state index in [1.807, 2.05) is 18.3 Å². The Morgan fingerprint density at radius 2 is 2.00 bits per heavy atom. The number of nitrogens with zero attached hydrogens (tertiary/aromatic N) is 1. The molecule has 1 aromatic carbocycles. The Balaban J connectivity index is 1.83. The van der Waals surface area contributed by atoms with Crippen LogP contribution in [0.15, 0.2) is 42.7 Å². The number of hydrogen-bond acceptors (Lipinski definition) is 2. The van der Waals surface area contributed by atoms with Crippen LogP contribution in [0.2, 0.25) is 0 Å². The lowest BCUT2D eigenvalue weighted by molar-refractivity contribution is 0.169. The van der Waals surface area contributed by atoms with Crippen molar-refractivity contribution >= 4 is 0 Å². The van der Waals surface area contributed by atoms with Gasteiger partial charge in [-0.2, -0.15) is 0 Å². The molecule has 2 atom stereocenters. The smallest absolute Gasteiger partial charge is 0.120 e. The normalized spacial score (nSPS) is 20.4. The zero-order chi connectivity index (χ0) is 18.0. The van der Waals surface area contributed by atoms with E-state index in [0.717, 1.165) is 29.6 Å². The number of hydrogen-bond donors (Lipinski definition) is 0. The Kier molecular flexibility index (Phi) is 5.17. The quantitative estimate of drug-likeness (QED) is 0.681. The van der Waals surface area contributed by atoms with Crippen LogP contribution in [-0.2, 0) is 13.0 Å². The molecule has 0 saturated carbocycles. The fourth-order valence-corrected chi connectivity index (χ4v) is 4.39. The first-order valence-corrected chi connectivity index (χ1v) is 9.51. The zero-order valence-corrected chi connectivity index (χ0v) is 16.3. The first kappa shape index (κ1) is 18.0. The second-order valence-electron chi connectivity index (χ2n) is 8.80. The molecule has 2 heteroatoms. The van der Waals surface area contributed by atoms with Crippen LogP contribution in [-0.4, -0.2) is 4.98 Å². The summed E-state index contributed by atoms with van der Waals surface area (Å²) in [5.74, 6) is 3.07. The van der Waals surface area contributed by atoms with Crippen molar-refractivity contribution in [3.05, 3.63) is 59.4 Å². The lowest BCUT2D eigenvalue weighted by Crippen LogP contribution is -2.33. The average Bonchev–Trinajstić information content (AvgIpc) is 2.58. The summed E-state index contributed by atoms with van der Waals surface area (Å²) < 4.78 is 6.01. The van der Waals surface area contributed by atoms with E-state index in [0.29, 0.717) is 12.5 Å². The highest BCUT2D eigenvalue weighted by atomic mass is 16.5. The third-order valence-electron chi connectivity index (χ3n) is 5.54. The van der Waals surface area contributed by atoms with Crippen LogP contribution >= 0.6 is 0 Å². The minimum atomic E-state index is 0.280. The molecule has 3 rings (SSSR count). The van der Waals surface area contributed by atoms with E-state index in [1.54, 1.807) is 6.20 Å². The van der Waals surface area contributed by atoms with Crippen molar-refractivity contribution in [1.82, 2.24) is 4.98 Å². The van der Waals surface area contributed by atoms with E-state index in [2.05, 4.69) is 57.8 Å². The molecule has 0 bridgehead atoms. The number of pyridine rings is 1. The summed E-state index contributed by atoms with van der Waals surface area (Å²) in [5, 5.41) is 0. The van der Waals surface area contributed by atoms with Gasteiger partial charge in [0, 0.05) is 18.0 Å². The van der Waals surface area contributed by atoms with Crippen molar-refractivity contribution in [3.8, 4) is 5.75 Å². The molecule has 0 radical (unpaired) electrons. The molecule has 1 heterocycles. The number of benzene rings is 1. The Hall–Kier alpha value is -1.83. The topological polar surface area (TPSA) is 22.1 Å². The van der Waals surface area contributed by atoms with Crippen molar-refractivity contribution in [1.29, 1.82) is 0 Å². The van der Waals surface area contributed by atoms with Gasteiger partial charge < -0.3 is 4.74 Å². The third kappa shape index (κ3) is 4.05. The van der Waals surface area contributed by atoms with Crippen molar-refractivity contribution < 1.29 is 4.74 Å². The predicted octanol–water partition coefficient (Wildman–Crippen LogP) is 6.01. The molecule has 2 nitrogen and oxygen atoms in total. The summed E-state index contributed by atoms with van der Waals surface area (Å²) in [6.45, 7) is 12.5. The first-order valence-electron chi connectivity index (χ1n) is 9.51. The Labute approximate surface area is 152 Å². The minimum absolute atomic E-state index is 0.280. The molecule has 0 amide bonds. The number of rotatable bonds is 4. The lowest BCUT2D eigenvalue weighted by atomic mass is 9.61. The van der Waals surface area contributed by atoms with Gasteiger partial charge in [-0.15, -0.1) is 0 Å². The maximum atomic E-state index is 6.01. The van der Waals surface area contributed by atoms with Crippen LogP contribution < -0.4 is 4.74 Å². The van der Waals surface area contributed by atoms with E-state index in [4.69, 9.17) is 4.74 Å². The standard InChI is InChI=1S/C23H31NO/c1-16(2)20-10-8-18-13-19(25-15-17-7-6-12-24-14-17)9-11-21(18)22(20)23(3,4)5/h6-7,9,11-14,16,20,22H,8,10,15H2,1-5H3. The van der Waals surface area contributed by atoms with Crippen LogP contribution in [0.1, 0.15) is 63.6 Å². The molecule has 1 aromatic heterocycles. The highest BCUT2D eigenvalue weighted by Gasteiger charge is 2.38.